The van der Waals surface area contributed by atoms with Gasteiger partial charge in [-0.25, -0.2) is 4.57 Å². The summed E-state index contributed by atoms with van der Waals surface area (Å²) >= 11 is 0. The number of phosphoric acid groups is 1. The minimum Gasteiger partial charge on any atom is -0.462 e. The molecule has 1 N–H and O–H groups in total. The van der Waals surface area contributed by atoms with E-state index in [2.05, 4.69) is 116 Å². The van der Waals surface area contributed by atoms with E-state index in [1.165, 1.54) is 0 Å². The van der Waals surface area contributed by atoms with Crippen molar-refractivity contribution < 1.29 is 37.6 Å². The summed E-state index contributed by atoms with van der Waals surface area (Å²) in [5.74, 6) is -0.936. The van der Waals surface area contributed by atoms with Gasteiger partial charge in [-0.15, -0.1) is 0 Å². The first kappa shape index (κ1) is 49.7. The molecular weight excluding hydrogens is 687 g/mol. The number of rotatable bonds is 34. The van der Waals surface area contributed by atoms with Gasteiger partial charge in [0.15, 0.2) is 6.10 Å². The molecule has 2 unspecified atom stereocenters. The van der Waals surface area contributed by atoms with Crippen molar-refractivity contribution in [1.29, 1.82) is 0 Å². The van der Waals surface area contributed by atoms with Crippen LogP contribution < -0.4 is 0 Å². The van der Waals surface area contributed by atoms with Crippen LogP contribution >= 0.6 is 7.82 Å². The maximum atomic E-state index is 12.4. The van der Waals surface area contributed by atoms with Gasteiger partial charge < -0.3 is 14.4 Å². The molecular formula is C44H69O8P. The lowest BCUT2D eigenvalue weighted by Crippen LogP contribution is -2.29. The maximum Gasteiger partial charge on any atom is 0.472 e. The average molecular weight is 757 g/mol. The molecule has 0 amide bonds. The molecule has 0 saturated carbocycles. The third-order valence-corrected chi connectivity index (χ3v) is 8.46. The highest BCUT2D eigenvalue weighted by Gasteiger charge is 2.24. The first-order valence-electron chi connectivity index (χ1n) is 19.6. The quantitative estimate of drug-likeness (QED) is 0.0299. The highest BCUT2D eigenvalue weighted by molar-refractivity contribution is 7.47. The predicted octanol–water partition coefficient (Wildman–Crippen LogP) is 12.3. The van der Waals surface area contributed by atoms with Crippen LogP contribution in [0.25, 0.3) is 0 Å². The van der Waals surface area contributed by atoms with Gasteiger partial charge in [0.1, 0.15) is 6.61 Å². The van der Waals surface area contributed by atoms with Gasteiger partial charge in [0.25, 0.3) is 0 Å². The van der Waals surface area contributed by atoms with Crippen LogP contribution in [-0.4, -0.2) is 43.3 Å². The molecule has 0 aliphatic heterocycles. The smallest absolute Gasteiger partial charge is 0.462 e. The normalized spacial score (nSPS) is 14.6. The average Bonchev–Trinajstić information content (AvgIpc) is 3.15. The van der Waals surface area contributed by atoms with E-state index in [0.29, 0.717) is 12.8 Å². The van der Waals surface area contributed by atoms with Crippen molar-refractivity contribution in [3.8, 4) is 0 Å². The third kappa shape index (κ3) is 38.3. The van der Waals surface area contributed by atoms with Gasteiger partial charge in [0, 0.05) is 20.0 Å². The van der Waals surface area contributed by atoms with E-state index in [0.717, 1.165) is 97.0 Å². The summed E-state index contributed by atoms with van der Waals surface area (Å²) in [6.07, 6.45) is 53.0. The molecule has 0 heterocycles. The topological polar surface area (TPSA) is 108 Å². The van der Waals surface area contributed by atoms with E-state index < -0.39 is 32.5 Å². The van der Waals surface area contributed by atoms with Crippen molar-refractivity contribution in [3.05, 3.63) is 109 Å². The highest BCUT2D eigenvalue weighted by Crippen LogP contribution is 2.42. The molecule has 0 saturated heterocycles. The number of phosphoric ester groups is 1. The Hall–Kier alpha value is -3.29. The summed E-state index contributed by atoms with van der Waals surface area (Å²) < 4.78 is 31.8. The lowest BCUT2D eigenvalue weighted by molar-refractivity contribution is -0.161. The number of esters is 2. The third-order valence-electron chi connectivity index (χ3n) is 7.53. The van der Waals surface area contributed by atoms with Crippen LogP contribution in [0.15, 0.2) is 109 Å². The number of carbonyl (C=O) groups is 2. The molecule has 8 nitrogen and oxygen atoms in total. The Morgan fingerprint density at radius 3 is 1.42 bits per heavy atom. The first-order chi connectivity index (χ1) is 25.8. The second kappa shape index (κ2) is 38.4. The van der Waals surface area contributed by atoms with E-state index in [9.17, 15) is 19.0 Å². The van der Waals surface area contributed by atoms with Crippen molar-refractivity contribution >= 4 is 19.8 Å². The fourth-order valence-electron chi connectivity index (χ4n) is 4.58. The summed E-state index contributed by atoms with van der Waals surface area (Å²) in [5, 5.41) is 0. The summed E-state index contributed by atoms with van der Waals surface area (Å²) in [6, 6.07) is 0. The minimum absolute atomic E-state index is 0.109. The molecule has 0 aromatic rings. The van der Waals surface area contributed by atoms with Gasteiger partial charge in [-0.3, -0.25) is 18.6 Å². The van der Waals surface area contributed by atoms with Crippen LogP contribution in [0.5, 0.6) is 0 Å². The molecule has 0 spiro atoms. The fourth-order valence-corrected chi connectivity index (χ4v) is 5.04. The van der Waals surface area contributed by atoms with Crippen molar-refractivity contribution in [1.82, 2.24) is 0 Å². The molecule has 0 radical (unpaired) electrons. The van der Waals surface area contributed by atoms with Gasteiger partial charge in [-0.2, -0.15) is 0 Å². The molecule has 0 bridgehead atoms. The number of hydrogen-bond acceptors (Lipinski definition) is 7. The standard InChI is InChI=1S/C44H69O8P/c1-4-6-8-10-12-14-16-18-20-21-22-23-25-27-29-31-33-35-37-39-44(46)52-42(41-51-53(47,48)49-3)40-50-43(45)38-36-34-32-30-28-26-24-19-17-15-13-11-9-7-5-2/h6-9,12-15,18-20,22-24,27,29,33,35,42H,4-5,10-11,16-17,21,25-26,28,30-32,34,36-41H2,1-3H3,(H,47,48)/b8-6-,9-7-,14-12-,15-13-,20-18-,23-22-,24-19-,29-27-,35-33-. The summed E-state index contributed by atoms with van der Waals surface area (Å²) in [7, 11) is -3.25. The van der Waals surface area contributed by atoms with E-state index in [-0.39, 0.29) is 19.4 Å². The van der Waals surface area contributed by atoms with Crippen molar-refractivity contribution in [3.63, 3.8) is 0 Å². The molecule has 298 valence electrons. The summed E-state index contributed by atoms with van der Waals surface area (Å²) in [4.78, 5) is 34.4. The second-order valence-corrected chi connectivity index (χ2v) is 13.9. The Morgan fingerprint density at radius 2 is 0.943 bits per heavy atom. The first-order valence-corrected chi connectivity index (χ1v) is 21.1. The van der Waals surface area contributed by atoms with Crippen LogP contribution in [0.2, 0.25) is 0 Å². The SMILES string of the molecule is CC/C=C\C/C=C\C/C=C\C/C=C\C/C=C\C/C=C\CCC(=O)OC(COC(=O)CCCCCCC/C=C\C/C=C\C/C=C\CC)COP(=O)(O)OC. The lowest BCUT2D eigenvalue weighted by Gasteiger charge is -2.19. The zero-order valence-corrected chi connectivity index (χ0v) is 33.8. The molecule has 2 atom stereocenters. The van der Waals surface area contributed by atoms with Gasteiger partial charge in [-0.05, 0) is 83.5 Å². The number of hydrogen-bond donors (Lipinski definition) is 1. The van der Waals surface area contributed by atoms with Crippen molar-refractivity contribution in [2.75, 3.05) is 20.3 Å². The molecule has 9 heteroatoms. The molecule has 0 aliphatic carbocycles. The molecule has 0 aliphatic rings. The zero-order valence-electron chi connectivity index (χ0n) is 32.9. The largest absolute Gasteiger partial charge is 0.472 e. The van der Waals surface area contributed by atoms with Crippen LogP contribution in [-0.2, 0) is 32.7 Å². The number of ether oxygens (including phenoxy) is 2. The molecule has 0 fully saturated rings. The van der Waals surface area contributed by atoms with Crippen LogP contribution in [0.1, 0.15) is 129 Å². The van der Waals surface area contributed by atoms with E-state index in [1.807, 2.05) is 12.2 Å². The van der Waals surface area contributed by atoms with E-state index >= 15 is 0 Å². The zero-order chi connectivity index (χ0) is 38.9. The monoisotopic (exact) mass is 756 g/mol. The number of allylic oxidation sites excluding steroid dienone is 18. The minimum atomic E-state index is -4.29. The van der Waals surface area contributed by atoms with Gasteiger partial charge >= 0.3 is 19.8 Å². The number of unbranched alkanes of at least 4 members (excludes halogenated alkanes) is 5. The Bertz CT molecular complexity index is 1220. The Balaban J connectivity index is 4.24. The maximum absolute atomic E-state index is 12.4. The van der Waals surface area contributed by atoms with Gasteiger partial charge in [-0.1, -0.05) is 142 Å². The van der Waals surface area contributed by atoms with Gasteiger partial charge in [0.05, 0.1) is 6.61 Å². The fraction of sp³-hybridized carbons (Fsp3) is 0.545. The Morgan fingerprint density at radius 1 is 0.528 bits per heavy atom. The highest BCUT2D eigenvalue weighted by atomic mass is 31.2. The number of carbonyl (C=O) groups excluding carboxylic acids is 2. The predicted molar refractivity (Wildman–Crippen MR) is 220 cm³/mol. The molecule has 0 aromatic heterocycles. The van der Waals surface area contributed by atoms with Crippen LogP contribution in [0.3, 0.4) is 0 Å². The van der Waals surface area contributed by atoms with Gasteiger partial charge in [0.2, 0.25) is 0 Å². The summed E-state index contributed by atoms with van der Waals surface area (Å²) in [6.45, 7) is 3.56. The Labute approximate surface area is 321 Å². The summed E-state index contributed by atoms with van der Waals surface area (Å²) in [5.41, 5.74) is 0. The van der Waals surface area contributed by atoms with Crippen LogP contribution in [0, 0.1) is 0 Å². The van der Waals surface area contributed by atoms with Crippen LogP contribution in [0.4, 0.5) is 0 Å². The molecule has 53 heavy (non-hydrogen) atoms. The van der Waals surface area contributed by atoms with Crippen molar-refractivity contribution in [2.45, 2.75) is 136 Å². The Kier molecular flexibility index (Phi) is 36.0. The van der Waals surface area contributed by atoms with E-state index in [4.69, 9.17) is 14.0 Å². The van der Waals surface area contributed by atoms with Crippen molar-refractivity contribution in [2.24, 2.45) is 0 Å². The second-order valence-electron chi connectivity index (χ2n) is 12.3. The molecule has 0 aromatic carbocycles. The lowest BCUT2D eigenvalue weighted by atomic mass is 10.1. The molecule has 0 rings (SSSR count). The van der Waals surface area contributed by atoms with E-state index in [1.54, 1.807) is 0 Å².